The van der Waals surface area contributed by atoms with Crippen molar-refractivity contribution < 1.29 is 4.74 Å². The average molecular weight is 489 g/mol. The second-order valence-corrected chi connectivity index (χ2v) is 9.61. The molecule has 1 N–H and O–H groups in total. The molecule has 2 heterocycles. The first-order chi connectivity index (χ1) is 17.4. The van der Waals surface area contributed by atoms with Gasteiger partial charge in [0.05, 0.1) is 19.2 Å². The number of fused-ring (bicyclic) bond motifs is 1. The van der Waals surface area contributed by atoms with Crippen molar-refractivity contribution in [3.05, 3.63) is 86.5 Å². The highest BCUT2D eigenvalue weighted by Gasteiger charge is 2.27. The summed E-state index contributed by atoms with van der Waals surface area (Å²) in [5, 5.41) is 13.7. The van der Waals surface area contributed by atoms with Gasteiger partial charge in [-0.15, -0.1) is 5.10 Å². The summed E-state index contributed by atoms with van der Waals surface area (Å²) in [5.74, 6) is 0.796. The Kier molecular flexibility index (Phi) is 8.28. The van der Waals surface area contributed by atoms with E-state index in [9.17, 15) is 4.79 Å². The fraction of sp³-hybridized carbons (Fsp3) is 0.429. The van der Waals surface area contributed by atoms with E-state index in [1.165, 1.54) is 11.1 Å². The van der Waals surface area contributed by atoms with Crippen LogP contribution in [0.3, 0.4) is 0 Å². The van der Waals surface area contributed by atoms with Crippen LogP contribution in [0, 0.1) is 20.8 Å². The van der Waals surface area contributed by atoms with E-state index in [2.05, 4.69) is 76.5 Å². The maximum Gasteiger partial charge on any atom is 0.252 e. The number of nitrogens with one attached hydrogen (secondary N) is 1. The van der Waals surface area contributed by atoms with Gasteiger partial charge in [-0.2, -0.15) is 0 Å². The smallest absolute Gasteiger partial charge is 0.252 e. The summed E-state index contributed by atoms with van der Waals surface area (Å²) < 4.78 is 7.10. The molecular weight excluding hydrogens is 452 g/mol. The van der Waals surface area contributed by atoms with Gasteiger partial charge in [-0.3, -0.25) is 9.69 Å². The summed E-state index contributed by atoms with van der Waals surface area (Å²) >= 11 is 0. The molecule has 0 radical (unpaired) electrons. The number of hydrogen-bond acceptors (Lipinski definition) is 6. The van der Waals surface area contributed by atoms with Crippen LogP contribution in [-0.4, -0.2) is 43.8 Å². The van der Waals surface area contributed by atoms with Gasteiger partial charge in [-0.25, -0.2) is 4.68 Å². The van der Waals surface area contributed by atoms with Gasteiger partial charge in [0.2, 0.25) is 0 Å². The molecular formula is C28H36N6O2. The van der Waals surface area contributed by atoms with E-state index in [1.54, 1.807) is 7.11 Å². The third-order valence-electron chi connectivity index (χ3n) is 6.64. The molecule has 0 bridgehead atoms. The Hall–Kier alpha value is -3.36. The zero-order valence-electron chi connectivity index (χ0n) is 21.9. The standard InChI is InChI=1S/C28H36N6O2/c1-6-7-26(27-30-31-32-34(27)12-13-36-5)33(17-22-10-8-19(2)9-11-22)18-23-16-24-21(4)14-20(3)15-25(24)29-28(23)35/h8-11,14-16,26H,6-7,12-13,17-18H2,1-5H3,(H,29,35)/t26-/m0/s1. The van der Waals surface area contributed by atoms with E-state index in [0.717, 1.165) is 46.3 Å². The summed E-state index contributed by atoms with van der Waals surface area (Å²) in [7, 11) is 1.67. The van der Waals surface area contributed by atoms with Crippen LogP contribution < -0.4 is 5.56 Å². The lowest BCUT2D eigenvalue weighted by atomic mass is 10.0. The molecule has 190 valence electrons. The summed E-state index contributed by atoms with van der Waals surface area (Å²) in [5.41, 5.74) is 6.24. The third kappa shape index (κ3) is 5.88. The minimum atomic E-state index is -0.0596. The number of aryl methyl sites for hydroxylation is 3. The highest BCUT2D eigenvalue weighted by atomic mass is 16.5. The van der Waals surface area contributed by atoms with E-state index in [4.69, 9.17) is 4.74 Å². The van der Waals surface area contributed by atoms with Crippen LogP contribution in [0.25, 0.3) is 10.9 Å². The summed E-state index contributed by atoms with van der Waals surface area (Å²) in [6.07, 6.45) is 1.82. The van der Waals surface area contributed by atoms with Crippen molar-refractivity contribution in [1.82, 2.24) is 30.1 Å². The molecule has 0 aliphatic carbocycles. The number of hydrogen-bond donors (Lipinski definition) is 1. The van der Waals surface area contributed by atoms with Crippen LogP contribution in [0.2, 0.25) is 0 Å². The fourth-order valence-corrected chi connectivity index (χ4v) is 4.79. The number of tetrazole rings is 1. The third-order valence-corrected chi connectivity index (χ3v) is 6.64. The van der Waals surface area contributed by atoms with Crippen molar-refractivity contribution in [2.45, 2.75) is 66.2 Å². The van der Waals surface area contributed by atoms with Gasteiger partial charge in [0.15, 0.2) is 5.82 Å². The number of benzene rings is 2. The molecule has 0 saturated heterocycles. The molecule has 0 unspecified atom stereocenters. The van der Waals surface area contributed by atoms with Crippen LogP contribution in [0.15, 0.2) is 47.3 Å². The van der Waals surface area contributed by atoms with Crippen molar-refractivity contribution in [2.24, 2.45) is 0 Å². The quantitative estimate of drug-likeness (QED) is 0.331. The first kappa shape index (κ1) is 25.7. The molecule has 0 saturated carbocycles. The minimum absolute atomic E-state index is 0.0580. The Bertz CT molecular complexity index is 1360. The topological polar surface area (TPSA) is 88.9 Å². The molecule has 0 aliphatic heterocycles. The largest absolute Gasteiger partial charge is 0.383 e. The molecule has 4 aromatic rings. The van der Waals surface area contributed by atoms with Gasteiger partial charge in [-0.1, -0.05) is 49.2 Å². The van der Waals surface area contributed by atoms with E-state index in [1.807, 2.05) is 23.7 Å². The predicted molar refractivity (Wildman–Crippen MR) is 142 cm³/mol. The van der Waals surface area contributed by atoms with Crippen LogP contribution in [0.4, 0.5) is 0 Å². The molecule has 0 fully saturated rings. The van der Waals surface area contributed by atoms with Crippen LogP contribution >= 0.6 is 0 Å². The monoisotopic (exact) mass is 488 g/mol. The molecule has 0 amide bonds. The lowest BCUT2D eigenvalue weighted by Gasteiger charge is -2.31. The normalized spacial score (nSPS) is 12.5. The number of methoxy groups -OCH3 is 1. The highest BCUT2D eigenvalue weighted by molar-refractivity contribution is 5.83. The van der Waals surface area contributed by atoms with Crippen LogP contribution in [0.1, 0.15) is 59.4 Å². The predicted octanol–water partition coefficient (Wildman–Crippen LogP) is 4.63. The Labute approximate surface area is 212 Å². The van der Waals surface area contributed by atoms with E-state index < -0.39 is 0 Å². The molecule has 8 nitrogen and oxygen atoms in total. The Morgan fingerprint density at radius 1 is 1.06 bits per heavy atom. The van der Waals surface area contributed by atoms with Crippen molar-refractivity contribution in [1.29, 1.82) is 0 Å². The first-order valence-corrected chi connectivity index (χ1v) is 12.6. The molecule has 0 aliphatic rings. The zero-order valence-corrected chi connectivity index (χ0v) is 21.9. The second kappa shape index (κ2) is 11.6. The number of H-pyrrole nitrogens is 1. The van der Waals surface area contributed by atoms with Gasteiger partial charge >= 0.3 is 0 Å². The van der Waals surface area contributed by atoms with Crippen molar-refractivity contribution in [3.63, 3.8) is 0 Å². The van der Waals surface area contributed by atoms with E-state index >= 15 is 0 Å². The number of pyridine rings is 1. The average Bonchev–Trinajstić information content (AvgIpc) is 3.31. The van der Waals surface area contributed by atoms with Crippen molar-refractivity contribution in [3.8, 4) is 0 Å². The fourth-order valence-electron chi connectivity index (χ4n) is 4.79. The van der Waals surface area contributed by atoms with Crippen molar-refractivity contribution in [2.75, 3.05) is 13.7 Å². The van der Waals surface area contributed by atoms with Crippen LogP contribution in [0.5, 0.6) is 0 Å². The maximum absolute atomic E-state index is 13.2. The first-order valence-electron chi connectivity index (χ1n) is 12.6. The van der Waals surface area contributed by atoms with Gasteiger partial charge in [0.1, 0.15) is 0 Å². The molecule has 36 heavy (non-hydrogen) atoms. The van der Waals surface area contributed by atoms with E-state index in [0.29, 0.717) is 26.2 Å². The Balaban J connectivity index is 1.76. The van der Waals surface area contributed by atoms with Gasteiger partial charge < -0.3 is 9.72 Å². The minimum Gasteiger partial charge on any atom is -0.383 e. The Morgan fingerprint density at radius 3 is 2.56 bits per heavy atom. The SMILES string of the molecule is CCC[C@@H](c1nnnn1CCOC)N(Cc1ccc(C)cc1)Cc1cc2c(C)cc(C)cc2[nH]c1=O. The highest BCUT2D eigenvalue weighted by Crippen LogP contribution is 2.28. The summed E-state index contributed by atoms with van der Waals surface area (Å²) in [4.78, 5) is 18.7. The Morgan fingerprint density at radius 2 is 1.83 bits per heavy atom. The maximum atomic E-state index is 13.2. The van der Waals surface area contributed by atoms with Crippen molar-refractivity contribution >= 4 is 10.9 Å². The number of nitrogens with zero attached hydrogens (tertiary/aromatic N) is 5. The summed E-state index contributed by atoms with van der Waals surface area (Å²) in [6, 6.07) is 14.7. The van der Waals surface area contributed by atoms with Gasteiger partial charge in [0.25, 0.3) is 5.56 Å². The lowest BCUT2D eigenvalue weighted by Crippen LogP contribution is -2.33. The van der Waals surface area contributed by atoms with Crippen LogP contribution in [-0.2, 0) is 24.4 Å². The molecule has 2 aromatic carbocycles. The number of aromatic nitrogens is 5. The molecule has 8 heteroatoms. The molecule has 4 rings (SSSR count). The second-order valence-electron chi connectivity index (χ2n) is 9.61. The summed E-state index contributed by atoms with van der Waals surface area (Å²) in [6.45, 7) is 10.6. The van der Waals surface area contributed by atoms with E-state index in [-0.39, 0.29) is 11.6 Å². The van der Waals surface area contributed by atoms with Gasteiger partial charge in [0, 0.05) is 36.7 Å². The number of aromatic amines is 1. The molecule has 2 aromatic heterocycles. The molecule has 1 atom stereocenters. The number of rotatable bonds is 11. The number of ether oxygens (including phenoxy) is 1. The van der Waals surface area contributed by atoms with Gasteiger partial charge in [-0.05, 0) is 66.4 Å². The molecule has 0 spiro atoms. The lowest BCUT2D eigenvalue weighted by molar-refractivity contribution is 0.147. The zero-order chi connectivity index (χ0) is 25.7.